The van der Waals surface area contributed by atoms with Gasteiger partial charge in [0.15, 0.2) is 0 Å². The molecule has 33 heavy (non-hydrogen) atoms. The van der Waals surface area contributed by atoms with E-state index >= 15 is 0 Å². The smallest absolute Gasteiger partial charge is 0.119 e. The molecular weight excluding hydrogens is 475 g/mol. The maximum Gasteiger partial charge on any atom is 0.119 e. The molecule has 0 amide bonds. The van der Waals surface area contributed by atoms with Gasteiger partial charge in [-0.1, -0.05) is 48.6 Å². The fourth-order valence-corrected chi connectivity index (χ4v) is 5.44. The van der Waals surface area contributed by atoms with E-state index in [0.717, 1.165) is 45.3 Å². The number of benzene rings is 1. The Kier molecular flexibility index (Phi) is 13.4. The van der Waals surface area contributed by atoms with Crippen molar-refractivity contribution in [1.82, 2.24) is 10.2 Å². The Bertz CT molecular complexity index is 823. The van der Waals surface area contributed by atoms with E-state index in [9.17, 15) is 4.79 Å². The number of rotatable bonds is 7. The monoisotopic (exact) mass is 512 g/mol. The Balaban J connectivity index is 0.00000181. The summed E-state index contributed by atoms with van der Waals surface area (Å²) in [4.78, 5) is 13.5. The molecule has 1 fully saturated rings. The third kappa shape index (κ3) is 7.89. The number of nitrogens with zero attached hydrogens (tertiary/aromatic N) is 1. The summed E-state index contributed by atoms with van der Waals surface area (Å²) in [6, 6.07) is 8.78. The van der Waals surface area contributed by atoms with E-state index in [4.69, 9.17) is 0 Å². The van der Waals surface area contributed by atoms with Gasteiger partial charge < -0.3 is 10.1 Å². The predicted octanol–water partition coefficient (Wildman–Crippen LogP) is 6.30. The van der Waals surface area contributed by atoms with Gasteiger partial charge in [-0.05, 0) is 79.8 Å². The van der Waals surface area contributed by atoms with E-state index in [1.165, 1.54) is 29.5 Å². The van der Waals surface area contributed by atoms with Crippen LogP contribution in [0.3, 0.4) is 0 Å². The second-order valence-corrected chi connectivity index (χ2v) is 9.28. The lowest BCUT2D eigenvalue weighted by atomic mass is 9.73. The van der Waals surface area contributed by atoms with Gasteiger partial charge in [-0.3, -0.25) is 4.90 Å². The first-order chi connectivity index (χ1) is 14.7. The van der Waals surface area contributed by atoms with Gasteiger partial charge in [-0.25, -0.2) is 0 Å². The minimum atomic E-state index is 0. The van der Waals surface area contributed by atoms with Crippen molar-refractivity contribution in [2.45, 2.75) is 45.6 Å². The Morgan fingerprint density at radius 1 is 1.12 bits per heavy atom. The van der Waals surface area contributed by atoms with E-state index in [2.05, 4.69) is 71.9 Å². The molecule has 1 aliphatic carbocycles. The predicted molar refractivity (Wildman–Crippen MR) is 146 cm³/mol. The molecule has 4 unspecified atom stereocenters. The molecule has 4 atom stereocenters. The quantitative estimate of drug-likeness (QED) is 0.343. The number of nitrogens with one attached hydrogen (secondary N) is 1. The number of piperidine rings is 1. The van der Waals surface area contributed by atoms with Crippen LogP contribution in [0, 0.1) is 30.6 Å². The molecule has 0 bridgehead atoms. The lowest BCUT2D eigenvalue weighted by molar-refractivity contribution is -0.108. The van der Waals surface area contributed by atoms with Crippen molar-refractivity contribution >= 4 is 43.5 Å². The number of carbonyl (C=O) groups is 1. The van der Waals surface area contributed by atoms with Crippen LogP contribution in [0.2, 0.25) is 0 Å². The van der Waals surface area contributed by atoms with Gasteiger partial charge in [-0.15, -0.1) is 37.2 Å². The third-order valence-electron chi connectivity index (χ3n) is 7.29. The summed E-state index contributed by atoms with van der Waals surface area (Å²) in [6.45, 7) is 6.60. The van der Waals surface area contributed by atoms with Gasteiger partial charge in [0.25, 0.3) is 0 Å². The van der Waals surface area contributed by atoms with Gasteiger partial charge in [-0.2, -0.15) is 0 Å². The second-order valence-electron chi connectivity index (χ2n) is 9.28. The molecule has 1 N–H and O–H groups in total. The van der Waals surface area contributed by atoms with Crippen molar-refractivity contribution in [2.24, 2.45) is 23.7 Å². The number of hydrogen-bond donors (Lipinski definition) is 1. The van der Waals surface area contributed by atoms with Gasteiger partial charge in [0.05, 0.1) is 0 Å². The number of aryl methyl sites for hydroxylation is 1. The third-order valence-corrected chi connectivity index (χ3v) is 7.29. The highest BCUT2D eigenvalue weighted by Crippen LogP contribution is 2.38. The molecule has 0 aromatic heterocycles. The van der Waals surface area contributed by atoms with Crippen molar-refractivity contribution in [3.05, 3.63) is 71.5 Å². The van der Waals surface area contributed by atoms with Crippen molar-refractivity contribution in [3.63, 3.8) is 0 Å². The second kappa shape index (κ2) is 14.9. The topological polar surface area (TPSA) is 32.3 Å². The number of carbonyl (C=O) groups excluding carboxylic acids is 1. The van der Waals surface area contributed by atoms with Gasteiger partial charge >= 0.3 is 0 Å². The molecule has 2 heterocycles. The van der Waals surface area contributed by atoms with E-state index in [1.807, 2.05) is 0 Å². The minimum absolute atomic E-state index is 0. The molecule has 6 heteroatoms. The summed E-state index contributed by atoms with van der Waals surface area (Å²) in [5.74, 6) is 2.39. The maximum atomic E-state index is 10.9. The highest BCUT2D eigenvalue weighted by Gasteiger charge is 2.33. The Labute approximate surface area is 218 Å². The van der Waals surface area contributed by atoms with Crippen molar-refractivity contribution in [3.8, 4) is 0 Å². The summed E-state index contributed by atoms with van der Waals surface area (Å²) in [6.07, 6.45) is 18.3. The summed E-state index contributed by atoms with van der Waals surface area (Å²) in [5, 5.41) is 3.40. The van der Waals surface area contributed by atoms with Crippen LogP contribution in [-0.2, 0) is 11.3 Å². The van der Waals surface area contributed by atoms with E-state index in [-0.39, 0.29) is 37.2 Å². The van der Waals surface area contributed by atoms with E-state index in [0.29, 0.717) is 30.1 Å². The molecular formula is C27H39Cl3N2O. The lowest BCUT2D eigenvalue weighted by Gasteiger charge is -2.41. The highest BCUT2D eigenvalue weighted by molar-refractivity contribution is 5.86. The number of unbranched alkanes of at least 4 members (excludes halogenated alkanes) is 1. The SMILES string of the molecule is Cc1ccccc1CN1CCC(CCCC=O)C(C2=CC3C=CNCCC3C=C2)C1.Cl.Cl.Cl. The summed E-state index contributed by atoms with van der Waals surface area (Å²) >= 11 is 0. The van der Waals surface area contributed by atoms with Gasteiger partial charge in [0.1, 0.15) is 6.29 Å². The summed E-state index contributed by atoms with van der Waals surface area (Å²) < 4.78 is 0. The highest BCUT2D eigenvalue weighted by atomic mass is 35.5. The van der Waals surface area contributed by atoms with Gasteiger partial charge in [0, 0.05) is 32.0 Å². The molecule has 2 aliphatic heterocycles. The number of halogens is 3. The minimum Gasteiger partial charge on any atom is -0.391 e. The molecule has 1 aromatic carbocycles. The number of likely N-dealkylation sites (tertiary alicyclic amines) is 1. The molecule has 4 rings (SSSR count). The van der Waals surface area contributed by atoms with Crippen LogP contribution in [-0.4, -0.2) is 30.8 Å². The summed E-state index contributed by atoms with van der Waals surface area (Å²) in [7, 11) is 0. The lowest BCUT2D eigenvalue weighted by Crippen LogP contribution is -2.41. The summed E-state index contributed by atoms with van der Waals surface area (Å²) in [5.41, 5.74) is 4.35. The number of fused-ring (bicyclic) bond motifs is 1. The molecule has 3 nitrogen and oxygen atoms in total. The molecule has 184 valence electrons. The normalized spacial score (nSPS) is 26.3. The van der Waals surface area contributed by atoms with Crippen LogP contribution < -0.4 is 5.32 Å². The number of aldehydes is 1. The average molecular weight is 514 g/mol. The zero-order valence-electron chi connectivity index (χ0n) is 19.5. The van der Waals surface area contributed by atoms with Gasteiger partial charge in [0.2, 0.25) is 0 Å². The van der Waals surface area contributed by atoms with Crippen molar-refractivity contribution in [2.75, 3.05) is 19.6 Å². The van der Waals surface area contributed by atoms with Crippen LogP contribution in [0.1, 0.15) is 43.2 Å². The molecule has 3 aliphatic rings. The average Bonchev–Trinajstić information content (AvgIpc) is 3.01. The Morgan fingerprint density at radius 2 is 1.94 bits per heavy atom. The van der Waals surface area contributed by atoms with Crippen molar-refractivity contribution in [1.29, 1.82) is 0 Å². The van der Waals surface area contributed by atoms with E-state index in [1.54, 1.807) is 0 Å². The molecule has 0 spiro atoms. The maximum absolute atomic E-state index is 10.9. The first kappa shape index (κ1) is 29.8. The molecule has 0 saturated carbocycles. The van der Waals surface area contributed by atoms with Crippen LogP contribution in [0.25, 0.3) is 0 Å². The largest absolute Gasteiger partial charge is 0.391 e. The number of hydrogen-bond acceptors (Lipinski definition) is 3. The Hall–Kier alpha value is -1.26. The van der Waals surface area contributed by atoms with E-state index < -0.39 is 0 Å². The zero-order chi connectivity index (χ0) is 20.8. The zero-order valence-corrected chi connectivity index (χ0v) is 22.0. The molecule has 0 radical (unpaired) electrons. The van der Waals surface area contributed by atoms with Crippen LogP contribution >= 0.6 is 37.2 Å². The molecule has 1 saturated heterocycles. The number of allylic oxidation sites excluding steroid dienone is 4. The standard InChI is InChI=1S/C27H36N2O.3ClH/c1-21-6-2-3-8-26(21)19-29-16-13-23(7-4-5-17-30)27(20-29)25-10-9-22-11-14-28-15-12-24(22)18-25;;;/h2-3,6,8-10,12,15,17-18,22-24,27-28H,4-5,7,11,13-14,16,19-20H2,1H3;3*1H. The van der Waals surface area contributed by atoms with Crippen molar-refractivity contribution < 1.29 is 4.79 Å². The fourth-order valence-electron chi connectivity index (χ4n) is 5.44. The Morgan fingerprint density at radius 3 is 2.73 bits per heavy atom. The van der Waals surface area contributed by atoms with Crippen LogP contribution in [0.5, 0.6) is 0 Å². The first-order valence-corrected chi connectivity index (χ1v) is 11.7. The molecule has 1 aromatic rings. The fraction of sp³-hybridized carbons (Fsp3) is 0.519. The van der Waals surface area contributed by atoms with Crippen LogP contribution in [0.15, 0.2) is 60.3 Å². The van der Waals surface area contributed by atoms with Crippen LogP contribution in [0.4, 0.5) is 0 Å². The first-order valence-electron chi connectivity index (χ1n) is 11.7.